The van der Waals surface area contributed by atoms with Gasteiger partial charge in [0.15, 0.2) is 0 Å². The fourth-order valence-electron chi connectivity index (χ4n) is 6.22. The Labute approximate surface area is 279 Å². The molecule has 0 N–H and O–H groups in total. The van der Waals surface area contributed by atoms with Gasteiger partial charge in [0, 0.05) is 34.6 Å². The van der Waals surface area contributed by atoms with Crippen LogP contribution in [0, 0.1) is 0 Å². The Morgan fingerprint density at radius 1 is 0.354 bits per heavy atom. The van der Waals surface area contributed by atoms with Crippen LogP contribution in [0.4, 0.5) is 0 Å². The van der Waals surface area contributed by atoms with Crippen LogP contribution in [-0.2, 0) is 12.8 Å². The molecule has 0 amide bonds. The van der Waals surface area contributed by atoms with Gasteiger partial charge in [0.1, 0.15) is 11.0 Å². The van der Waals surface area contributed by atoms with Gasteiger partial charge < -0.3 is 0 Å². The molecular formula is C42H32N6. The minimum Gasteiger partial charge on any atom is -0.262 e. The fraction of sp³-hybridized carbons (Fsp3) is 0.0952. The number of benzene rings is 4. The monoisotopic (exact) mass is 620 g/mol. The Balaban J connectivity index is 1.18. The number of rotatable bonds is 7. The smallest absolute Gasteiger partial charge is 0.108 e. The van der Waals surface area contributed by atoms with E-state index in [0.29, 0.717) is 0 Å². The highest BCUT2D eigenvalue weighted by Crippen LogP contribution is 2.35. The molecule has 6 heteroatoms. The van der Waals surface area contributed by atoms with Gasteiger partial charge in [0.2, 0.25) is 0 Å². The fourth-order valence-corrected chi connectivity index (χ4v) is 6.22. The molecule has 0 atom stereocenters. The predicted molar refractivity (Wildman–Crippen MR) is 194 cm³/mol. The summed E-state index contributed by atoms with van der Waals surface area (Å²) in [5.41, 5.74) is 15.3. The van der Waals surface area contributed by atoms with Crippen LogP contribution in [0.5, 0.6) is 0 Å². The summed E-state index contributed by atoms with van der Waals surface area (Å²) in [4.78, 5) is 29.4. The van der Waals surface area contributed by atoms with Gasteiger partial charge in [0.25, 0.3) is 0 Å². The highest BCUT2D eigenvalue weighted by atomic mass is 14.9. The van der Waals surface area contributed by atoms with Crippen molar-refractivity contribution in [1.29, 1.82) is 0 Å². The lowest BCUT2D eigenvalue weighted by molar-refractivity contribution is 1.10. The van der Waals surface area contributed by atoms with Crippen LogP contribution in [0.15, 0.2) is 134 Å². The summed E-state index contributed by atoms with van der Waals surface area (Å²) in [6.07, 6.45) is 9.07. The lowest BCUT2D eigenvalue weighted by Crippen LogP contribution is -1.99. The summed E-state index contributed by atoms with van der Waals surface area (Å²) in [7, 11) is 0. The predicted octanol–water partition coefficient (Wildman–Crippen LogP) is 9.82. The molecule has 0 aliphatic heterocycles. The maximum atomic E-state index is 5.19. The molecule has 4 heterocycles. The summed E-state index contributed by atoms with van der Waals surface area (Å²) >= 11 is 0. The van der Waals surface area contributed by atoms with Crippen molar-refractivity contribution in [3.05, 3.63) is 145 Å². The average molecular weight is 621 g/mol. The van der Waals surface area contributed by atoms with Gasteiger partial charge in [-0.1, -0.05) is 123 Å². The van der Waals surface area contributed by atoms with Crippen molar-refractivity contribution in [3.63, 3.8) is 0 Å². The maximum absolute atomic E-state index is 5.19. The first-order valence-electron chi connectivity index (χ1n) is 16.3. The third kappa shape index (κ3) is 5.37. The lowest BCUT2D eigenvalue weighted by atomic mass is 9.97. The largest absolute Gasteiger partial charge is 0.262 e. The van der Waals surface area contributed by atoms with E-state index in [2.05, 4.69) is 96.6 Å². The normalized spacial score (nSPS) is 11.3. The first-order chi connectivity index (χ1) is 23.7. The van der Waals surface area contributed by atoms with Crippen molar-refractivity contribution >= 4 is 22.1 Å². The molecule has 4 aromatic carbocycles. The van der Waals surface area contributed by atoms with E-state index >= 15 is 0 Å². The highest BCUT2D eigenvalue weighted by Gasteiger charge is 2.17. The van der Waals surface area contributed by atoms with E-state index in [-0.39, 0.29) is 0 Å². The second kappa shape index (κ2) is 12.6. The van der Waals surface area contributed by atoms with Crippen LogP contribution in [0.25, 0.3) is 78.2 Å². The molecular weight excluding hydrogens is 589 g/mol. The quantitative estimate of drug-likeness (QED) is 0.177. The SMILES string of the molecule is CCc1cncc2nc(-c3ccccc3)c(-c3ccc(-c4ccc(-c5nc6c(CC)cncc6nc5-c5ccccc5)cc4)cc3)nc12. The number of nitrogens with zero attached hydrogens (tertiary/aromatic N) is 6. The van der Waals surface area contributed by atoms with Gasteiger partial charge in [0.05, 0.1) is 46.2 Å². The van der Waals surface area contributed by atoms with E-state index in [1.807, 2.05) is 48.8 Å². The summed E-state index contributed by atoms with van der Waals surface area (Å²) < 4.78 is 0. The van der Waals surface area contributed by atoms with E-state index in [9.17, 15) is 0 Å². The first-order valence-corrected chi connectivity index (χ1v) is 16.3. The second-order valence-electron chi connectivity index (χ2n) is 11.8. The third-order valence-corrected chi connectivity index (χ3v) is 8.81. The minimum absolute atomic E-state index is 0.808. The molecule has 48 heavy (non-hydrogen) atoms. The minimum atomic E-state index is 0.808. The number of aryl methyl sites for hydroxylation is 2. The van der Waals surface area contributed by atoms with E-state index in [4.69, 9.17) is 19.9 Å². The van der Waals surface area contributed by atoms with E-state index in [1.165, 1.54) is 0 Å². The van der Waals surface area contributed by atoms with Crippen molar-refractivity contribution in [2.45, 2.75) is 26.7 Å². The molecule has 8 aromatic rings. The Morgan fingerprint density at radius 2 is 0.688 bits per heavy atom. The molecule has 0 fully saturated rings. The summed E-state index contributed by atoms with van der Waals surface area (Å²) in [5, 5.41) is 0. The molecule has 6 nitrogen and oxygen atoms in total. The summed E-state index contributed by atoms with van der Waals surface area (Å²) in [6.45, 7) is 4.25. The average Bonchev–Trinajstić information content (AvgIpc) is 3.17. The molecule has 0 aliphatic rings. The Bertz CT molecular complexity index is 2220. The molecule has 4 aromatic heterocycles. The van der Waals surface area contributed by atoms with Crippen molar-refractivity contribution in [2.75, 3.05) is 0 Å². The van der Waals surface area contributed by atoms with Crippen molar-refractivity contribution in [1.82, 2.24) is 29.9 Å². The van der Waals surface area contributed by atoms with Crippen LogP contribution in [0.1, 0.15) is 25.0 Å². The number of fused-ring (bicyclic) bond motifs is 2. The molecule has 0 radical (unpaired) electrons. The van der Waals surface area contributed by atoms with E-state index in [0.717, 1.165) is 102 Å². The van der Waals surface area contributed by atoms with Gasteiger partial charge in [-0.3, -0.25) is 9.97 Å². The van der Waals surface area contributed by atoms with Gasteiger partial charge in [-0.05, 0) is 35.1 Å². The molecule has 8 rings (SSSR count). The van der Waals surface area contributed by atoms with Gasteiger partial charge in [-0.15, -0.1) is 0 Å². The Kier molecular flexibility index (Phi) is 7.67. The van der Waals surface area contributed by atoms with Gasteiger partial charge in [-0.2, -0.15) is 0 Å². The Hall–Kier alpha value is -6.14. The molecule has 0 saturated heterocycles. The maximum Gasteiger partial charge on any atom is 0.108 e. The molecule has 0 spiro atoms. The highest BCUT2D eigenvalue weighted by molar-refractivity contribution is 5.89. The standard InChI is InChI=1S/C42H32N6/c1-3-27-23-43-25-35-37(27)47-41(39(45-35)31-11-7-5-8-12-31)33-19-15-29(16-20-33)30-17-21-34(22-18-30)42-40(32-13-9-6-10-14-32)46-36-26-44-24-28(4-2)38(36)48-42/h5-26H,3-4H2,1-2H3. The zero-order chi connectivity index (χ0) is 32.5. The van der Waals surface area contributed by atoms with Crippen LogP contribution >= 0.6 is 0 Å². The zero-order valence-corrected chi connectivity index (χ0v) is 26.8. The van der Waals surface area contributed by atoms with Crippen molar-refractivity contribution in [2.24, 2.45) is 0 Å². The second-order valence-corrected chi connectivity index (χ2v) is 11.8. The van der Waals surface area contributed by atoms with Gasteiger partial charge >= 0.3 is 0 Å². The molecule has 0 bridgehead atoms. The number of hydrogen-bond donors (Lipinski definition) is 0. The molecule has 0 saturated carbocycles. The summed E-state index contributed by atoms with van der Waals surface area (Å²) in [6, 6.07) is 37.7. The Morgan fingerprint density at radius 3 is 1.06 bits per heavy atom. The molecule has 0 aliphatic carbocycles. The zero-order valence-electron chi connectivity index (χ0n) is 26.8. The van der Waals surface area contributed by atoms with Crippen molar-refractivity contribution in [3.8, 4) is 56.2 Å². The number of aromatic nitrogens is 6. The topological polar surface area (TPSA) is 77.3 Å². The lowest BCUT2D eigenvalue weighted by Gasteiger charge is -2.13. The van der Waals surface area contributed by atoms with Crippen LogP contribution in [0.3, 0.4) is 0 Å². The van der Waals surface area contributed by atoms with Crippen molar-refractivity contribution < 1.29 is 0 Å². The first kappa shape index (κ1) is 29.3. The molecule has 0 unspecified atom stereocenters. The van der Waals surface area contributed by atoms with Crippen LogP contribution in [-0.4, -0.2) is 29.9 Å². The summed E-state index contributed by atoms with van der Waals surface area (Å²) in [5.74, 6) is 0. The molecule has 230 valence electrons. The van der Waals surface area contributed by atoms with Crippen LogP contribution in [0.2, 0.25) is 0 Å². The van der Waals surface area contributed by atoms with E-state index in [1.54, 1.807) is 12.4 Å². The van der Waals surface area contributed by atoms with Gasteiger partial charge in [-0.25, -0.2) is 19.9 Å². The van der Waals surface area contributed by atoms with E-state index < -0.39 is 0 Å². The number of pyridine rings is 2. The van der Waals surface area contributed by atoms with Crippen LogP contribution < -0.4 is 0 Å². The third-order valence-electron chi connectivity index (χ3n) is 8.81. The number of hydrogen-bond acceptors (Lipinski definition) is 6.